The molecule has 0 spiro atoms. The summed E-state index contributed by atoms with van der Waals surface area (Å²) < 4.78 is 0. The number of benzene rings is 1. The Bertz CT molecular complexity index is 588. The molecule has 0 aliphatic heterocycles. The SMILES string of the molecule is Oc1c(Cc2ccncc2)ccc2c1CCC=C2. The van der Waals surface area contributed by atoms with Gasteiger partial charge in [-0.25, -0.2) is 0 Å². The summed E-state index contributed by atoms with van der Waals surface area (Å²) in [4.78, 5) is 4.01. The molecule has 0 atom stereocenters. The molecule has 1 aromatic heterocycles. The summed E-state index contributed by atoms with van der Waals surface area (Å²) in [7, 11) is 0. The van der Waals surface area contributed by atoms with Gasteiger partial charge in [0, 0.05) is 24.4 Å². The third-order valence-corrected chi connectivity index (χ3v) is 3.40. The van der Waals surface area contributed by atoms with Crippen LogP contribution in [0.25, 0.3) is 6.08 Å². The molecule has 0 radical (unpaired) electrons. The maximum Gasteiger partial charge on any atom is 0.122 e. The maximum atomic E-state index is 10.3. The fourth-order valence-corrected chi connectivity index (χ4v) is 2.42. The van der Waals surface area contributed by atoms with Gasteiger partial charge in [0.15, 0.2) is 0 Å². The standard InChI is InChI=1S/C16H15NO/c18-16-14(11-12-7-9-17-10-8-12)6-5-13-3-1-2-4-15(13)16/h1,3,5-10,18H,2,4,11H2. The fourth-order valence-electron chi connectivity index (χ4n) is 2.42. The lowest BCUT2D eigenvalue weighted by molar-refractivity contribution is 0.461. The van der Waals surface area contributed by atoms with Crippen molar-refractivity contribution in [2.75, 3.05) is 0 Å². The van der Waals surface area contributed by atoms with Gasteiger partial charge in [-0.15, -0.1) is 0 Å². The molecule has 3 rings (SSSR count). The van der Waals surface area contributed by atoms with Gasteiger partial charge < -0.3 is 5.11 Å². The van der Waals surface area contributed by atoms with E-state index in [4.69, 9.17) is 0 Å². The summed E-state index contributed by atoms with van der Waals surface area (Å²) in [5.41, 5.74) is 4.41. The van der Waals surface area contributed by atoms with E-state index in [-0.39, 0.29) is 0 Å². The van der Waals surface area contributed by atoms with Crippen LogP contribution in [-0.2, 0) is 12.8 Å². The Labute approximate surface area is 107 Å². The van der Waals surface area contributed by atoms with Crippen LogP contribution < -0.4 is 0 Å². The number of aromatic hydroxyl groups is 1. The number of hydrogen-bond acceptors (Lipinski definition) is 2. The number of pyridine rings is 1. The molecule has 18 heavy (non-hydrogen) atoms. The van der Waals surface area contributed by atoms with E-state index in [1.165, 1.54) is 5.56 Å². The summed E-state index contributed by atoms with van der Waals surface area (Å²) in [6.07, 6.45) is 10.5. The van der Waals surface area contributed by atoms with Gasteiger partial charge >= 0.3 is 0 Å². The molecule has 0 bridgehead atoms. The smallest absolute Gasteiger partial charge is 0.122 e. The van der Waals surface area contributed by atoms with Crippen LogP contribution in [-0.4, -0.2) is 10.1 Å². The van der Waals surface area contributed by atoms with Crippen LogP contribution in [0.5, 0.6) is 5.75 Å². The number of phenolic OH excluding ortho intramolecular Hbond substituents is 1. The van der Waals surface area contributed by atoms with Gasteiger partial charge in [-0.05, 0) is 41.7 Å². The second-order valence-corrected chi connectivity index (χ2v) is 4.61. The monoisotopic (exact) mass is 237 g/mol. The summed E-state index contributed by atoms with van der Waals surface area (Å²) in [6.45, 7) is 0. The molecule has 2 nitrogen and oxygen atoms in total. The second kappa shape index (κ2) is 4.65. The van der Waals surface area contributed by atoms with E-state index in [0.29, 0.717) is 5.75 Å². The minimum atomic E-state index is 0.466. The van der Waals surface area contributed by atoms with Gasteiger partial charge in [0.25, 0.3) is 0 Å². The Morgan fingerprint density at radius 2 is 1.94 bits per heavy atom. The van der Waals surface area contributed by atoms with Crippen molar-refractivity contribution in [3.8, 4) is 5.75 Å². The number of phenols is 1. The van der Waals surface area contributed by atoms with Gasteiger partial charge in [0.2, 0.25) is 0 Å². The predicted octanol–water partition coefficient (Wildman–Crippen LogP) is 3.34. The molecule has 0 saturated carbocycles. The zero-order valence-corrected chi connectivity index (χ0v) is 10.1. The molecule has 0 amide bonds. The van der Waals surface area contributed by atoms with Crippen LogP contribution in [0.4, 0.5) is 0 Å². The van der Waals surface area contributed by atoms with Crippen molar-refractivity contribution in [1.29, 1.82) is 0 Å². The topological polar surface area (TPSA) is 33.1 Å². The molecule has 1 aromatic carbocycles. The molecule has 0 saturated heterocycles. The number of nitrogens with zero attached hydrogens (tertiary/aromatic N) is 1. The normalized spacial score (nSPS) is 13.3. The summed E-state index contributed by atoms with van der Waals surface area (Å²) in [5, 5.41) is 10.3. The number of aromatic nitrogens is 1. The van der Waals surface area contributed by atoms with E-state index in [0.717, 1.165) is 36.0 Å². The maximum absolute atomic E-state index is 10.3. The lowest BCUT2D eigenvalue weighted by atomic mass is 9.92. The number of fused-ring (bicyclic) bond motifs is 1. The van der Waals surface area contributed by atoms with Gasteiger partial charge in [-0.2, -0.15) is 0 Å². The third-order valence-electron chi connectivity index (χ3n) is 3.40. The van der Waals surface area contributed by atoms with Crippen molar-refractivity contribution in [2.24, 2.45) is 0 Å². The van der Waals surface area contributed by atoms with Crippen molar-refractivity contribution in [3.63, 3.8) is 0 Å². The molecule has 2 heteroatoms. The van der Waals surface area contributed by atoms with Crippen LogP contribution in [0.2, 0.25) is 0 Å². The molecule has 1 N–H and O–H groups in total. The van der Waals surface area contributed by atoms with Crippen molar-refractivity contribution < 1.29 is 5.11 Å². The predicted molar refractivity (Wildman–Crippen MR) is 72.5 cm³/mol. The minimum Gasteiger partial charge on any atom is -0.507 e. The number of rotatable bonds is 2. The van der Waals surface area contributed by atoms with Crippen molar-refractivity contribution >= 4 is 6.08 Å². The van der Waals surface area contributed by atoms with Gasteiger partial charge in [-0.3, -0.25) is 4.98 Å². The summed E-state index contributed by atoms with van der Waals surface area (Å²) in [6, 6.07) is 8.09. The van der Waals surface area contributed by atoms with Crippen LogP contribution in [0, 0.1) is 0 Å². The first kappa shape index (κ1) is 11.0. The summed E-state index contributed by atoms with van der Waals surface area (Å²) in [5.74, 6) is 0.466. The van der Waals surface area contributed by atoms with E-state index in [1.54, 1.807) is 12.4 Å². The summed E-state index contributed by atoms with van der Waals surface area (Å²) >= 11 is 0. The van der Waals surface area contributed by atoms with Crippen LogP contribution in [0.3, 0.4) is 0 Å². The molecular formula is C16H15NO. The molecule has 2 aromatic rings. The average Bonchev–Trinajstić information content (AvgIpc) is 2.43. The lowest BCUT2D eigenvalue weighted by Crippen LogP contribution is -1.98. The van der Waals surface area contributed by atoms with E-state index in [1.807, 2.05) is 18.2 Å². The quantitative estimate of drug-likeness (QED) is 0.869. The van der Waals surface area contributed by atoms with Gasteiger partial charge in [0.05, 0.1) is 0 Å². The van der Waals surface area contributed by atoms with Crippen LogP contribution >= 0.6 is 0 Å². The Morgan fingerprint density at radius 3 is 2.78 bits per heavy atom. The Kier molecular flexibility index (Phi) is 2.85. The molecular weight excluding hydrogens is 222 g/mol. The Morgan fingerprint density at radius 1 is 1.11 bits per heavy atom. The average molecular weight is 237 g/mol. The second-order valence-electron chi connectivity index (χ2n) is 4.61. The minimum absolute atomic E-state index is 0.466. The molecule has 0 fully saturated rings. The lowest BCUT2D eigenvalue weighted by Gasteiger charge is -2.15. The molecule has 0 unspecified atom stereocenters. The van der Waals surface area contributed by atoms with Crippen molar-refractivity contribution in [3.05, 3.63) is 65.0 Å². The first-order valence-electron chi connectivity index (χ1n) is 6.24. The van der Waals surface area contributed by atoms with E-state index < -0.39 is 0 Å². The Hall–Kier alpha value is -2.09. The highest BCUT2D eigenvalue weighted by molar-refractivity contribution is 5.62. The fraction of sp³-hybridized carbons (Fsp3) is 0.188. The largest absolute Gasteiger partial charge is 0.507 e. The van der Waals surface area contributed by atoms with E-state index in [2.05, 4.69) is 23.2 Å². The Balaban J connectivity index is 1.96. The molecule has 90 valence electrons. The highest BCUT2D eigenvalue weighted by atomic mass is 16.3. The highest BCUT2D eigenvalue weighted by Gasteiger charge is 2.13. The third kappa shape index (κ3) is 2.02. The van der Waals surface area contributed by atoms with Gasteiger partial charge in [-0.1, -0.05) is 24.3 Å². The van der Waals surface area contributed by atoms with E-state index >= 15 is 0 Å². The van der Waals surface area contributed by atoms with Gasteiger partial charge in [0.1, 0.15) is 5.75 Å². The zero-order chi connectivity index (χ0) is 12.4. The zero-order valence-electron chi connectivity index (χ0n) is 10.1. The number of allylic oxidation sites excluding steroid dienone is 1. The van der Waals surface area contributed by atoms with Crippen molar-refractivity contribution in [2.45, 2.75) is 19.3 Å². The van der Waals surface area contributed by atoms with Crippen LogP contribution in [0.1, 0.15) is 28.7 Å². The highest BCUT2D eigenvalue weighted by Crippen LogP contribution is 2.32. The number of hydrogen-bond donors (Lipinski definition) is 1. The van der Waals surface area contributed by atoms with Crippen molar-refractivity contribution in [1.82, 2.24) is 4.98 Å². The van der Waals surface area contributed by atoms with E-state index in [9.17, 15) is 5.11 Å². The first-order chi connectivity index (χ1) is 8.84. The first-order valence-corrected chi connectivity index (χ1v) is 6.24. The van der Waals surface area contributed by atoms with Crippen LogP contribution in [0.15, 0.2) is 42.7 Å². The molecule has 1 aliphatic rings. The molecule has 1 heterocycles. The molecule has 1 aliphatic carbocycles.